The van der Waals surface area contributed by atoms with E-state index in [-0.39, 0.29) is 0 Å². The molecular formula is C14H22BrNO2. The number of hydrogen-bond donors (Lipinski definition) is 1. The lowest BCUT2D eigenvalue weighted by molar-refractivity contribution is 0.309. The molecule has 0 heterocycles. The molecule has 1 atom stereocenters. The Morgan fingerprint density at radius 1 is 1.33 bits per heavy atom. The summed E-state index contributed by atoms with van der Waals surface area (Å²) in [5.41, 5.74) is 1.19. The first-order chi connectivity index (χ1) is 8.62. The van der Waals surface area contributed by atoms with Gasteiger partial charge in [-0.3, -0.25) is 0 Å². The fourth-order valence-electron chi connectivity index (χ4n) is 1.62. The Morgan fingerprint density at radius 3 is 2.61 bits per heavy atom. The lowest BCUT2D eigenvalue weighted by Crippen LogP contribution is -2.24. The van der Waals surface area contributed by atoms with Gasteiger partial charge in [-0.15, -0.1) is 0 Å². The van der Waals surface area contributed by atoms with Gasteiger partial charge in [-0.25, -0.2) is 0 Å². The van der Waals surface area contributed by atoms with Gasteiger partial charge in [0.15, 0.2) is 11.5 Å². The van der Waals surface area contributed by atoms with E-state index in [9.17, 15) is 0 Å². The first kappa shape index (κ1) is 15.3. The first-order valence-corrected chi connectivity index (χ1v) is 7.14. The van der Waals surface area contributed by atoms with Crippen molar-refractivity contribution in [3.05, 3.63) is 22.2 Å². The minimum atomic E-state index is 0.515. The van der Waals surface area contributed by atoms with E-state index in [1.807, 2.05) is 13.0 Å². The summed E-state index contributed by atoms with van der Waals surface area (Å²) in [7, 11) is 1.65. The molecule has 0 amide bonds. The van der Waals surface area contributed by atoms with Gasteiger partial charge in [0, 0.05) is 12.6 Å². The third-order valence-electron chi connectivity index (χ3n) is 2.84. The van der Waals surface area contributed by atoms with Crippen molar-refractivity contribution in [1.29, 1.82) is 0 Å². The molecule has 0 spiro atoms. The second-order valence-corrected chi connectivity index (χ2v) is 5.09. The number of ether oxygens (including phenoxy) is 2. The molecule has 0 saturated heterocycles. The van der Waals surface area contributed by atoms with Gasteiger partial charge in [0.05, 0.1) is 18.2 Å². The normalized spacial score (nSPS) is 12.3. The molecule has 0 aliphatic rings. The zero-order valence-corrected chi connectivity index (χ0v) is 13.1. The summed E-state index contributed by atoms with van der Waals surface area (Å²) in [5, 5.41) is 3.47. The Kier molecular flexibility index (Phi) is 6.50. The maximum absolute atomic E-state index is 5.60. The average Bonchev–Trinajstić information content (AvgIpc) is 2.36. The van der Waals surface area contributed by atoms with E-state index < -0.39 is 0 Å². The molecule has 0 saturated carbocycles. The van der Waals surface area contributed by atoms with Crippen molar-refractivity contribution in [2.45, 2.75) is 39.8 Å². The third-order valence-corrected chi connectivity index (χ3v) is 3.43. The van der Waals surface area contributed by atoms with Crippen molar-refractivity contribution in [2.24, 2.45) is 0 Å². The van der Waals surface area contributed by atoms with E-state index >= 15 is 0 Å². The van der Waals surface area contributed by atoms with Gasteiger partial charge in [-0.2, -0.15) is 0 Å². The molecule has 3 nitrogen and oxygen atoms in total. The standard InChI is InChI=1S/C14H22BrNO2/c1-5-10(3)16-9-11-7-12(15)14(17-4)13(8-11)18-6-2/h7-8,10,16H,5-6,9H2,1-4H3. The molecule has 0 aliphatic carbocycles. The number of benzene rings is 1. The number of halogens is 1. The van der Waals surface area contributed by atoms with Gasteiger partial charge in [-0.1, -0.05) is 6.92 Å². The Hall–Kier alpha value is -0.740. The predicted octanol–water partition coefficient (Wildman–Crippen LogP) is 3.74. The van der Waals surface area contributed by atoms with Crippen molar-refractivity contribution in [1.82, 2.24) is 5.32 Å². The number of methoxy groups -OCH3 is 1. The lowest BCUT2D eigenvalue weighted by Gasteiger charge is -2.15. The smallest absolute Gasteiger partial charge is 0.174 e. The van der Waals surface area contributed by atoms with Crippen LogP contribution in [0, 0.1) is 0 Å². The fraction of sp³-hybridized carbons (Fsp3) is 0.571. The molecule has 1 N–H and O–H groups in total. The Bertz CT molecular complexity index is 382. The van der Waals surface area contributed by atoms with Crippen molar-refractivity contribution in [3.63, 3.8) is 0 Å². The first-order valence-electron chi connectivity index (χ1n) is 6.34. The van der Waals surface area contributed by atoms with E-state index in [0.717, 1.165) is 28.9 Å². The summed E-state index contributed by atoms with van der Waals surface area (Å²) in [6.07, 6.45) is 1.12. The summed E-state index contributed by atoms with van der Waals surface area (Å²) >= 11 is 3.52. The summed E-state index contributed by atoms with van der Waals surface area (Å²) in [5.74, 6) is 1.54. The fourth-order valence-corrected chi connectivity index (χ4v) is 2.27. The molecule has 18 heavy (non-hydrogen) atoms. The van der Waals surface area contributed by atoms with Crippen LogP contribution >= 0.6 is 15.9 Å². The topological polar surface area (TPSA) is 30.5 Å². The summed E-state index contributed by atoms with van der Waals surface area (Å²) in [6.45, 7) is 7.79. The summed E-state index contributed by atoms with van der Waals surface area (Å²) < 4.78 is 11.9. The van der Waals surface area contributed by atoms with E-state index in [4.69, 9.17) is 9.47 Å². The number of hydrogen-bond acceptors (Lipinski definition) is 3. The zero-order valence-electron chi connectivity index (χ0n) is 11.5. The molecule has 0 fully saturated rings. The second kappa shape index (κ2) is 7.64. The monoisotopic (exact) mass is 315 g/mol. The largest absolute Gasteiger partial charge is 0.492 e. The van der Waals surface area contributed by atoms with Gasteiger partial charge >= 0.3 is 0 Å². The van der Waals surface area contributed by atoms with Gasteiger partial charge in [0.1, 0.15) is 0 Å². The van der Waals surface area contributed by atoms with Crippen molar-refractivity contribution >= 4 is 15.9 Å². The molecule has 1 unspecified atom stereocenters. The Morgan fingerprint density at radius 2 is 2.06 bits per heavy atom. The van der Waals surface area contributed by atoms with Crippen LogP contribution in [0.1, 0.15) is 32.8 Å². The maximum Gasteiger partial charge on any atom is 0.174 e. The van der Waals surface area contributed by atoms with E-state index in [2.05, 4.69) is 41.2 Å². The van der Waals surface area contributed by atoms with Gasteiger partial charge in [-0.05, 0) is 53.9 Å². The van der Waals surface area contributed by atoms with Crippen LogP contribution in [0.3, 0.4) is 0 Å². The van der Waals surface area contributed by atoms with E-state index in [1.54, 1.807) is 7.11 Å². The quantitative estimate of drug-likeness (QED) is 0.831. The molecule has 4 heteroatoms. The lowest BCUT2D eigenvalue weighted by atomic mass is 10.1. The van der Waals surface area contributed by atoms with Crippen LogP contribution in [0.4, 0.5) is 0 Å². The highest BCUT2D eigenvalue weighted by Gasteiger charge is 2.11. The molecule has 1 aromatic rings. The maximum atomic E-state index is 5.60. The van der Waals surface area contributed by atoms with Crippen LogP contribution in [0.25, 0.3) is 0 Å². The highest BCUT2D eigenvalue weighted by atomic mass is 79.9. The summed E-state index contributed by atoms with van der Waals surface area (Å²) in [4.78, 5) is 0. The van der Waals surface area contributed by atoms with Crippen LogP contribution in [-0.2, 0) is 6.54 Å². The van der Waals surface area contributed by atoms with Crippen molar-refractivity contribution in [3.8, 4) is 11.5 Å². The predicted molar refractivity (Wildman–Crippen MR) is 78.5 cm³/mol. The number of nitrogens with one attached hydrogen (secondary N) is 1. The molecule has 102 valence electrons. The highest BCUT2D eigenvalue weighted by Crippen LogP contribution is 2.36. The molecule has 0 aliphatic heterocycles. The second-order valence-electron chi connectivity index (χ2n) is 4.23. The molecule has 1 rings (SSSR count). The van der Waals surface area contributed by atoms with E-state index in [1.165, 1.54) is 5.56 Å². The Balaban J connectivity index is 2.86. The van der Waals surface area contributed by atoms with E-state index in [0.29, 0.717) is 12.6 Å². The van der Waals surface area contributed by atoms with Crippen LogP contribution in [0.5, 0.6) is 11.5 Å². The van der Waals surface area contributed by atoms with Crippen LogP contribution in [0.2, 0.25) is 0 Å². The zero-order chi connectivity index (χ0) is 13.5. The van der Waals surface area contributed by atoms with Crippen LogP contribution in [0.15, 0.2) is 16.6 Å². The molecule has 0 bridgehead atoms. The minimum absolute atomic E-state index is 0.515. The van der Waals surface area contributed by atoms with Crippen LogP contribution < -0.4 is 14.8 Å². The van der Waals surface area contributed by atoms with Crippen LogP contribution in [-0.4, -0.2) is 19.8 Å². The SMILES string of the molecule is CCOc1cc(CNC(C)CC)cc(Br)c1OC. The van der Waals surface area contributed by atoms with Gasteiger partial charge in [0.2, 0.25) is 0 Å². The van der Waals surface area contributed by atoms with Crippen molar-refractivity contribution in [2.75, 3.05) is 13.7 Å². The highest BCUT2D eigenvalue weighted by molar-refractivity contribution is 9.10. The molecule has 0 radical (unpaired) electrons. The average molecular weight is 316 g/mol. The van der Waals surface area contributed by atoms with Gasteiger partial charge < -0.3 is 14.8 Å². The summed E-state index contributed by atoms with van der Waals surface area (Å²) in [6, 6.07) is 4.61. The minimum Gasteiger partial charge on any atom is -0.492 e. The third kappa shape index (κ3) is 4.18. The Labute approximate surface area is 118 Å². The van der Waals surface area contributed by atoms with Crippen molar-refractivity contribution < 1.29 is 9.47 Å². The molecular weight excluding hydrogens is 294 g/mol. The number of rotatable bonds is 7. The molecule has 1 aromatic carbocycles. The van der Waals surface area contributed by atoms with Gasteiger partial charge in [0.25, 0.3) is 0 Å². The molecule has 0 aromatic heterocycles.